The van der Waals surface area contributed by atoms with Gasteiger partial charge in [0.25, 0.3) is 0 Å². The van der Waals surface area contributed by atoms with E-state index in [2.05, 4.69) is 11.9 Å². The number of carbonyl (C=O) groups is 2. The first-order valence-electron chi connectivity index (χ1n) is 8.52. The molecule has 0 bridgehead atoms. The van der Waals surface area contributed by atoms with Gasteiger partial charge in [0, 0.05) is 30.2 Å². The molecule has 2 aromatic carbocycles. The summed E-state index contributed by atoms with van der Waals surface area (Å²) >= 11 is 0. The van der Waals surface area contributed by atoms with Crippen molar-refractivity contribution < 1.29 is 19.1 Å². The summed E-state index contributed by atoms with van der Waals surface area (Å²) in [6, 6.07) is 14.0. The minimum atomic E-state index is -0.217. The van der Waals surface area contributed by atoms with Gasteiger partial charge in [-0.25, -0.2) is 0 Å². The maximum atomic E-state index is 12.2. The van der Waals surface area contributed by atoms with Gasteiger partial charge in [-0.3, -0.25) is 9.59 Å². The lowest BCUT2D eigenvalue weighted by atomic mass is 10.1. The van der Waals surface area contributed by atoms with Crippen LogP contribution < -0.4 is 14.8 Å². The molecule has 1 amide bonds. The summed E-state index contributed by atoms with van der Waals surface area (Å²) < 4.78 is 10.8. The van der Waals surface area contributed by atoms with Gasteiger partial charge in [-0.15, -0.1) is 0 Å². The monoisotopic (exact) mass is 353 g/mol. The number of nitrogens with one attached hydrogen (secondary N) is 1. The van der Waals surface area contributed by atoms with E-state index in [-0.39, 0.29) is 24.5 Å². The smallest absolute Gasteiger partial charge is 0.224 e. The number of ether oxygens (including phenoxy) is 2. The molecular formula is C21H23NO4. The van der Waals surface area contributed by atoms with E-state index in [9.17, 15) is 9.59 Å². The minimum Gasteiger partial charge on any atom is -0.494 e. The number of hydrogen-bond acceptors (Lipinski definition) is 4. The average molecular weight is 353 g/mol. The number of anilines is 1. The van der Waals surface area contributed by atoms with Crippen LogP contribution in [0.15, 0.2) is 61.2 Å². The molecule has 0 spiro atoms. The highest BCUT2D eigenvalue weighted by Gasteiger charge is 2.10. The van der Waals surface area contributed by atoms with Gasteiger partial charge in [-0.2, -0.15) is 0 Å². The van der Waals surface area contributed by atoms with Gasteiger partial charge in [0.2, 0.25) is 5.91 Å². The first kappa shape index (κ1) is 19.2. The molecule has 0 atom stereocenters. The highest BCUT2D eigenvalue weighted by molar-refractivity contribution is 6.00. The SMILES string of the molecule is C=CCOc1cccc(NC(=O)CCC(=O)c2ccc(OCC)cc2)c1. The predicted molar refractivity (Wildman–Crippen MR) is 102 cm³/mol. The number of carbonyl (C=O) groups excluding carboxylic acids is 2. The Morgan fingerprint density at radius 3 is 2.50 bits per heavy atom. The second-order valence-corrected chi connectivity index (χ2v) is 5.56. The van der Waals surface area contributed by atoms with Gasteiger partial charge in [0.15, 0.2) is 5.78 Å². The molecule has 0 radical (unpaired) electrons. The number of benzene rings is 2. The summed E-state index contributed by atoms with van der Waals surface area (Å²) in [6.07, 6.45) is 1.91. The fraction of sp³-hybridized carbons (Fsp3) is 0.238. The van der Waals surface area contributed by atoms with Crippen molar-refractivity contribution in [3.8, 4) is 11.5 Å². The summed E-state index contributed by atoms with van der Waals surface area (Å²) in [7, 11) is 0. The van der Waals surface area contributed by atoms with Crippen molar-refractivity contribution in [1.29, 1.82) is 0 Å². The van der Waals surface area contributed by atoms with E-state index >= 15 is 0 Å². The Hall–Kier alpha value is -3.08. The lowest BCUT2D eigenvalue weighted by Gasteiger charge is -2.08. The molecule has 0 aliphatic heterocycles. The lowest BCUT2D eigenvalue weighted by molar-refractivity contribution is -0.116. The van der Waals surface area contributed by atoms with Crippen molar-refractivity contribution in [2.24, 2.45) is 0 Å². The van der Waals surface area contributed by atoms with Crippen LogP contribution >= 0.6 is 0 Å². The Kier molecular flexibility index (Phi) is 7.43. The van der Waals surface area contributed by atoms with Crippen LogP contribution in [0, 0.1) is 0 Å². The Bertz CT molecular complexity index is 753. The minimum absolute atomic E-state index is 0.0775. The van der Waals surface area contributed by atoms with Crippen molar-refractivity contribution in [3.05, 3.63) is 66.7 Å². The van der Waals surface area contributed by atoms with Crippen LogP contribution in [0.5, 0.6) is 11.5 Å². The molecule has 2 rings (SSSR count). The van der Waals surface area contributed by atoms with Gasteiger partial charge >= 0.3 is 0 Å². The molecule has 26 heavy (non-hydrogen) atoms. The second kappa shape index (κ2) is 10.0. The third kappa shape index (κ3) is 6.09. The van der Waals surface area contributed by atoms with E-state index in [1.807, 2.05) is 6.92 Å². The summed E-state index contributed by atoms with van der Waals surface area (Å²) in [6.45, 7) is 6.47. The molecule has 0 fully saturated rings. The van der Waals surface area contributed by atoms with Crippen LogP contribution in [0.1, 0.15) is 30.1 Å². The Morgan fingerprint density at radius 1 is 1.04 bits per heavy atom. The maximum absolute atomic E-state index is 12.2. The van der Waals surface area contributed by atoms with Crippen LogP contribution in [0.4, 0.5) is 5.69 Å². The van der Waals surface area contributed by atoms with E-state index < -0.39 is 0 Å². The zero-order chi connectivity index (χ0) is 18.8. The maximum Gasteiger partial charge on any atom is 0.224 e. The van der Waals surface area contributed by atoms with E-state index in [1.165, 1.54) is 0 Å². The second-order valence-electron chi connectivity index (χ2n) is 5.56. The Balaban J connectivity index is 1.84. The molecule has 2 aromatic rings. The highest BCUT2D eigenvalue weighted by Crippen LogP contribution is 2.18. The molecule has 0 unspecified atom stereocenters. The Labute approximate surface area is 153 Å². The van der Waals surface area contributed by atoms with Gasteiger partial charge < -0.3 is 14.8 Å². The van der Waals surface area contributed by atoms with Crippen molar-refractivity contribution in [3.63, 3.8) is 0 Å². The lowest BCUT2D eigenvalue weighted by Crippen LogP contribution is -2.13. The Morgan fingerprint density at radius 2 is 1.81 bits per heavy atom. The van der Waals surface area contributed by atoms with Crippen LogP contribution in [0.25, 0.3) is 0 Å². The number of amides is 1. The normalized spacial score (nSPS) is 10.0. The van der Waals surface area contributed by atoms with Crippen molar-refractivity contribution in [2.45, 2.75) is 19.8 Å². The number of rotatable bonds is 10. The van der Waals surface area contributed by atoms with E-state index in [4.69, 9.17) is 9.47 Å². The fourth-order valence-corrected chi connectivity index (χ4v) is 2.32. The molecule has 0 saturated carbocycles. The third-order valence-electron chi connectivity index (χ3n) is 3.55. The number of hydrogen-bond donors (Lipinski definition) is 1. The molecule has 1 N–H and O–H groups in total. The standard InChI is InChI=1S/C21H23NO4/c1-3-14-26-19-7-5-6-17(15-19)22-21(24)13-12-20(23)16-8-10-18(11-9-16)25-4-2/h3,5-11,15H,1,4,12-14H2,2H3,(H,22,24). The van der Waals surface area contributed by atoms with E-state index in [0.717, 1.165) is 5.75 Å². The van der Waals surface area contributed by atoms with Crippen LogP contribution in [-0.2, 0) is 4.79 Å². The zero-order valence-corrected chi connectivity index (χ0v) is 14.9. The summed E-state index contributed by atoms with van der Waals surface area (Å²) in [5.74, 6) is 1.07. The van der Waals surface area contributed by atoms with Gasteiger partial charge in [-0.05, 0) is 43.3 Å². The quantitative estimate of drug-likeness (QED) is 0.512. The molecule has 0 aliphatic carbocycles. The third-order valence-corrected chi connectivity index (χ3v) is 3.55. The summed E-state index contributed by atoms with van der Waals surface area (Å²) in [5.41, 5.74) is 1.20. The molecule has 0 saturated heterocycles. The van der Waals surface area contributed by atoms with Crippen molar-refractivity contribution in [1.82, 2.24) is 0 Å². The van der Waals surface area contributed by atoms with E-state index in [1.54, 1.807) is 54.6 Å². The molecule has 0 aliphatic rings. The highest BCUT2D eigenvalue weighted by atomic mass is 16.5. The topological polar surface area (TPSA) is 64.6 Å². The number of Topliss-reactive ketones (excluding diaryl/α,β-unsaturated/α-hetero) is 1. The van der Waals surface area contributed by atoms with Crippen molar-refractivity contribution in [2.75, 3.05) is 18.5 Å². The first-order valence-corrected chi connectivity index (χ1v) is 8.52. The van der Waals surface area contributed by atoms with Gasteiger partial charge in [-0.1, -0.05) is 18.7 Å². The summed E-state index contributed by atoms with van der Waals surface area (Å²) in [4.78, 5) is 24.3. The fourth-order valence-electron chi connectivity index (χ4n) is 2.32. The molecule has 0 heterocycles. The molecule has 5 nitrogen and oxygen atoms in total. The predicted octanol–water partition coefficient (Wildman–Crippen LogP) is 4.25. The average Bonchev–Trinajstić information content (AvgIpc) is 2.65. The molecule has 136 valence electrons. The van der Waals surface area contributed by atoms with E-state index in [0.29, 0.717) is 30.2 Å². The molecule has 0 aromatic heterocycles. The van der Waals surface area contributed by atoms with Gasteiger partial charge in [0.1, 0.15) is 18.1 Å². The van der Waals surface area contributed by atoms with Crippen LogP contribution in [-0.4, -0.2) is 24.9 Å². The largest absolute Gasteiger partial charge is 0.494 e. The molecule has 5 heteroatoms. The first-order chi connectivity index (χ1) is 12.6. The van der Waals surface area contributed by atoms with Crippen molar-refractivity contribution >= 4 is 17.4 Å². The van der Waals surface area contributed by atoms with Crippen LogP contribution in [0.2, 0.25) is 0 Å². The van der Waals surface area contributed by atoms with Gasteiger partial charge in [0.05, 0.1) is 6.61 Å². The molecular weight excluding hydrogens is 330 g/mol. The zero-order valence-electron chi connectivity index (χ0n) is 14.9. The van der Waals surface area contributed by atoms with Crippen LogP contribution in [0.3, 0.4) is 0 Å². The summed E-state index contributed by atoms with van der Waals surface area (Å²) in [5, 5.41) is 2.77. The number of ketones is 1.